The normalized spacial score (nSPS) is 17.1. The number of hydrogen-bond donors (Lipinski definition) is 4. The van der Waals surface area contributed by atoms with E-state index in [1.54, 1.807) is 30.1 Å². The second kappa shape index (κ2) is 17.8. The molecule has 2 heterocycles. The van der Waals surface area contributed by atoms with Gasteiger partial charge in [0, 0.05) is 43.3 Å². The maximum Gasteiger partial charge on any atom is 0.224 e. The van der Waals surface area contributed by atoms with Gasteiger partial charge in [-0.15, -0.1) is 11.8 Å². The Labute approximate surface area is 302 Å². The first-order valence-electron chi connectivity index (χ1n) is 17.1. The first kappa shape index (κ1) is 35.8. The lowest BCUT2D eigenvalue weighted by molar-refractivity contribution is -0.245. The number of benzene rings is 4. The summed E-state index contributed by atoms with van der Waals surface area (Å²) in [5.41, 5.74) is 12.8. The lowest BCUT2D eigenvalue weighted by Gasteiger charge is -2.36. The molecule has 262 valence electrons. The fourth-order valence-corrected chi connectivity index (χ4v) is 6.81. The molecule has 10 heteroatoms. The molecule has 2 amide bonds. The molecule has 3 atom stereocenters. The number of aliphatic hydroxyl groups is 1. The van der Waals surface area contributed by atoms with Gasteiger partial charge in [0.15, 0.2) is 6.29 Å². The van der Waals surface area contributed by atoms with Gasteiger partial charge in [0.05, 0.1) is 35.2 Å². The van der Waals surface area contributed by atoms with E-state index in [0.29, 0.717) is 30.8 Å². The molecule has 9 nitrogen and oxygen atoms in total. The molecule has 5 N–H and O–H groups in total. The number of aliphatic hydroxyl groups excluding tert-OH is 1. The van der Waals surface area contributed by atoms with Crippen LogP contribution in [0.3, 0.4) is 0 Å². The van der Waals surface area contributed by atoms with Gasteiger partial charge in [-0.25, -0.2) is 4.98 Å². The molecule has 0 saturated carbocycles. The molecule has 5 aromatic rings. The number of nitrogens with two attached hydrogens (primary N) is 1. The van der Waals surface area contributed by atoms with Crippen molar-refractivity contribution in [3.8, 4) is 11.1 Å². The number of nitrogen functional groups attached to an aromatic ring is 1. The van der Waals surface area contributed by atoms with Crippen molar-refractivity contribution in [2.45, 2.75) is 62.4 Å². The van der Waals surface area contributed by atoms with Gasteiger partial charge < -0.3 is 30.9 Å². The standard InChI is InChI=1S/C41H42N4O5S/c42-35-10-3-4-11-36(35)45-39(48)13-7-12-38(47)44-25-32-8-1-2-9-34(32)29-19-21-31(22-20-29)41-49-33(27-51-40-14-5-6-23-43-40)24-37(50-41)30-17-15-28(26-46)16-18-30/h1-6,8-11,14-23,33,37,41,46H,7,12-13,24-27,42H2,(H,44,47)(H,45,48). The van der Waals surface area contributed by atoms with Crippen molar-refractivity contribution in [2.75, 3.05) is 16.8 Å². The number of nitrogens with one attached hydrogen (secondary N) is 2. The van der Waals surface area contributed by atoms with Crippen LogP contribution in [-0.2, 0) is 32.2 Å². The number of carbonyl (C=O) groups is 2. The molecule has 0 radical (unpaired) electrons. The van der Waals surface area contributed by atoms with E-state index in [0.717, 1.165) is 44.2 Å². The van der Waals surface area contributed by atoms with E-state index in [4.69, 9.17) is 15.2 Å². The third kappa shape index (κ3) is 10.0. The number of anilines is 2. The Balaban J connectivity index is 1.07. The van der Waals surface area contributed by atoms with E-state index in [-0.39, 0.29) is 43.5 Å². The molecule has 0 spiro atoms. The van der Waals surface area contributed by atoms with Crippen LogP contribution >= 0.6 is 11.8 Å². The highest BCUT2D eigenvalue weighted by molar-refractivity contribution is 7.99. The molecule has 4 aromatic carbocycles. The molecule has 1 aliphatic heterocycles. The van der Waals surface area contributed by atoms with Crippen LogP contribution in [-0.4, -0.2) is 33.8 Å². The predicted molar refractivity (Wildman–Crippen MR) is 200 cm³/mol. The Morgan fingerprint density at radius 2 is 1.55 bits per heavy atom. The molecule has 1 fully saturated rings. The molecule has 0 aliphatic carbocycles. The molecule has 1 aromatic heterocycles. The van der Waals surface area contributed by atoms with Crippen LogP contribution in [0.2, 0.25) is 0 Å². The van der Waals surface area contributed by atoms with Crippen molar-refractivity contribution in [3.63, 3.8) is 0 Å². The summed E-state index contributed by atoms with van der Waals surface area (Å²) in [6, 6.07) is 37.0. The summed E-state index contributed by atoms with van der Waals surface area (Å²) in [6.45, 7) is 0.361. The number of thioether (sulfide) groups is 1. The highest BCUT2D eigenvalue weighted by atomic mass is 32.2. The number of para-hydroxylation sites is 2. The second-order valence-corrected chi connectivity index (χ2v) is 13.4. The summed E-state index contributed by atoms with van der Waals surface area (Å²) in [6.07, 6.45) is 2.57. The fourth-order valence-electron chi connectivity index (χ4n) is 5.92. The van der Waals surface area contributed by atoms with Gasteiger partial charge in [0.25, 0.3) is 0 Å². The minimum absolute atomic E-state index is 0.00502. The van der Waals surface area contributed by atoms with E-state index in [1.807, 2.05) is 91.0 Å². The molecule has 3 unspecified atom stereocenters. The Kier molecular flexibility index (Phi) is 12.5. The van der Waals surface area contributed by atoms with E-state index in [1.165, 1.54) is 0 Å². The fraction of sp³-hybridized carbons (Fsp3) is 0.244. The van der Waals surface area contributed by atoms with Gasteiger partial charge in [0.2, 0.25) is 11.8 Å². The smallest absolute Gasteiger partial charge is 0.224 e. The number of amides is 2. The molecular weight excluding hydrogens is 661 g/mol. The molecule has 51 heavy (non-hydrogen) atoms. The Bertz CT molecular complexity index is 1890. The summed E-state index contributed by atoms with van der Waals surface area (Å²) < 4.78 is 13.1. The minimum atomic E-state index is -0.564. The van der Waals surface area contributed by atoms with Crippen molar-refractivity contribution in [1.29, 1.82) is 0 Å². The highest BCUT2D eigenvalue weighted by Gasteiger charge is 2.32. The van der Waals surface area contributed by atoms with Gasteiger partial charge in [-0.05, 0) is 58.5 Å². The molecule has 0 bridgehead atoms. The zero-order valence-electron chi connectivity index (χ0n) is 28.2. The number of ether oxygens (including phenoxy) is 2. The van der Waals surface area contributed by atoms with Crippen LogP contribution in [0.4, 0.5) is 11.4 Å². The minimum Gasteiger partial charge on any atom is -0.397 e. The zero-order chi connectivity index (χ0) is 35.4. The molecule has 6 rings (SSSR count). The third-order valence-corrected chi connectivity index (χ3v) is 9.78. The average Bonchev–Trinajstić information content (AvgIpc) is 3.17. The Morgan fingerprint density at radius 1 is 0.824 bits per heavy atom. The van der Waals surface area contributed by atoms with Crippen molar-refractivity contribution in [3.05, 3.63) is 144 Å². The van der Waals surface area contributed by atoms with E-state index < -0.39 is 6.29 Å². The molecular formula is C41H42N4O5S. The number of nitrogens with zero attached hydrogens (tertiary/aromatic N) is 1. The van der Waals surface area contributed by atoms with Crippen LogP contribution in [0, 0.1) is 0 Å². The highest BCUT2D eigenvalue weighted by Crippen LogP contribution is 2.40. The Hall–Kier alpha value is -5.00. The molecule has 1 saturated heterocycles. The summed E-state index contributed by atoms with van der Waals surface area (Å²) in [5, 5.41) is 16.3. The van der Waals surface area contributed by atoms with Crippen LogP contribution < -0.4 is 16.4 Å². The summed E-state index contributed by atoms with van der Waals surface area (Å²) in [7, 11) is 0. The van der Waals surface area contributed by atoms with Crippen LogP contribution in [0.25, 0.3) is 11.1 Å². The van der Waals surface area contributed by atoms with Gasteiger partial charge >= 0.3 is 0 Å². The lowest BCUT2D eigenvalue weighted by Crippen LogP contribution is -2.31. The summed E-state index contributed by atoms with van der Waals surface area (Å²) in [4.78, 5) is 29.5. The monoisotopic (exact) mass is 702 g/mol. The SMILES string of the molecule is Nc1ccccc1NC(=O)CCCC(=O)NCc1ccccc1-c1ccc(C2OC(CSc3ccccn3)CC(c3ccc(CO)cc3)O2)cc1. The second-order valence-electron chi connectivity index (χ2n) is 12.4. The summed E-state index contributed by atoms with van der Waals surface area (Å²) in [5.74, 6) is 0.440. The van der Waals surface area contributed by atoms with Crippen molar-refractivity contribution in [1.82, 2.24) is 10.3 Å². The number of aromatic nitrogens is 1. The zero-order valence-corrected chi connectivity index (χ0v) is 29.1. The quantitative estimate of drug-likeness (QED) is 0.0687. The lowest BCUT2D eigenvalue weighted by atomic mass is 9.97. The van der Waals surface area contributed by atoms with E-state index in [2.05, 4.69) is 27.8 Å². The van der Waals surface area contributed by atoms with Gasteiger partial charge in [-0.2, -0.15) is 0 Å². The van der Waals surface area contributed by atoms with Crippen LogP contribution in [0.15, 0.2) is 126 Å². The maximum atomic E-state index is 12.7. The van der Waals surface area contributed by atoms with Gasteiger partial charge in [-0.3, -0.25) is 9.59 Å². The van der Waals surface area contributed by atoms with Crippen molar-refractivity contribution < 1.29 is 24.2 Å². The first-order chi connectivity index (χ1) is 24.9. The van der Waals surface area contributed by atoms with Crippen LogP contribution in [0.5, 0.6) is 0 Å². The van der Waals surface area contributed by atoms with Crippen LogP contribution in [0.1, 0.15) is 60.3 Å². The van der Waals surface area contributed by atoms with E-state index in [9.17, 15) is 14.7 Å². The van der Waals surface area contributed by atoms with E-state index >= 15 is 0 Å². The first-order valence-corrected chi connectivity index (χ1v) is 18.1. The number of rotatable bonds is 14. The molecule has 1 aliphatic rings. The Morgan fingerprint density at radius 3 is 2.31 bits per heavy atom. The predicted octanol–water partition coefficient (Wildman–Crippen LogP) is 7.59. The average molecular weight is 703 g/mol. The summed E-state index contributed by atoms with van der Waals surface area (Å²) >= 11 is 1.66. The van der Waals surface area contributed by atoms with Gasteiger partial charge in [-0.1, -0.05) is 91.0 Å². The topological polar surface area (TPSA) is 136 Å². The number of pyridine rings is 1. The largest absolute Gasteiger partial charge is 0.397 e. The van der Waals surface area contributed by atoms with Crippen molar-refractivity contribution >= 4 is 35.0 Å². The maximum absolute atomic E-state index is 12.7. The van der Waals surface area contributed by atoms with Crippen molar-refractivity contribution in [2.24, 2.45) is 0 Å². The van der Waals surface area contributed by atoms with Gasteiger partial charge in [0.1, 0.15) is 0 Å². The third-order valence-electron chi connectivity index (χ3n) is 8.70. The number of carbonyl (C=O) groups excluding carboxylic acids is 2. The number of hydrogen-bond acceptors (Lipinski definition) is 8.